The van der Waals surface area contributed by atoms with E-state index in [2.05, 4.69) is 16.0 Å². The first kappa shape index (κ1) is 30.3. The van der Waals surface area contributed by atoms with E-state index in [0.717, 1.165) is 22.3 Å². The summed E-state index contributed by atoms with van der Waals surface area (Å²) in [5.41, 5.74) is 10.9. The van der Waals surface area contributed by atoms with Crippen LogP contribution in [0.25, 0.3) is 0 Å². The Morgan fingerprint density at radius 3 is 2.02 bits per heavy atom. The molecule has 0 saturated carbocycles. The molecular formula is C34H38N4O4. The maximum Gasteiger partial charge on any atom is 0.407 e. The summed E-state index contributed by atoms with van der Waals surface area (Å²) < 4.78 is 4.90. The Labute approximate surface area is 246 Å². The molecule has 0 saturated heterocycles. The van der Waals surface area contributed by atoms with Crippen molar-refractivity contribution >= 4 is 23.4 Å². The predicted molar refractivity (Wildman–Crippen MR) is 166 cm³/mol. The van der Waals surface area contributed by atoms with E-state index in [1.165, 1.54) is 7.11 Å². The molecule has 4 aromatic rings. The number of aliphatic hydroxyl groups excluding tert-OH is 1. The summed E-state index contributed by atoms with van der Waals surface area (Å²) in [4.78, 5) is 26.4. The van der Waals surface area contributed by atoms with E-state index in [0.29, 0.717) is 30.8 Å². The van der Waals surface area contributed by atoms with Crippen LogP contribution in [-0.2, 0) is 22.5 Å². The van der Waals surface area contributed by atoms with E-state index in [1.807, 2.05) is 109 Å². The molecule has 0 heterocycles. The lowest BCUT2D eigenvalue weighted by molar-refractivity contribution is -0.118. The summed E-state index contributed by atoms with van der Waals surface area (Å²) in [6, 6.07) is 33.3. The quantitative estimate of drug-likeness (QED) is 0.147. The first-order valence-electron chi connectivity index (χ1n) is 14.0. The Hall–Kier alpha value is -4.66. The van der Waals surface area contributed by atoms with Crippen molar-refractivity contribution in [2.75, 3.05) is 24.8 Å². The number of carbonyl (C=O) groups excluding carboxylic acids is 2. The first-order valence-corrected chi connectivity index (χ1v) is 14.0. The Bertz CT molecular complexity index is 1380. The lowest BCUT2D eigenvalue weighted by atomic mass is 9.84. The van der Waals surface area contributed by atoms with Crippen molar-refractivity contribution in [1.82, 2.24) is 10.6 Å². The molecule has 4 rings (SSSR count). The van der Waals surface area contributed by atoms with Crippen molar-refractivity contribution in [2.45, 2.75) is 37.4 Å². The monoisotopic (exact) mass is 566 g/mol. The number of nitrogen functional groups attached to an aromatic ring is 1. The van der Waals surface area contributed by atoms with Gasteiger partial charge in [-0.15, -0.1) is 0 Å². The Morgan fingerprint density at radius 1 is 0.833 bits per heavy atom. The summed E-state index contributed by atoms with van der Waals surface area (Å²) in [6.07, 6.45) is 0.573. The number of aryl methyl sites for hydroxylation is 1. The minimum atomic E-state index is -0.956. The second-order valence-corrected chi connectivity index (χ2v) is 10.1. The normalized spacial score (nSPS) is 12.4. The van der Waals surface area contributed by atoms with Gasteiger partial charge in [0, 0.05) is 29.9 Å². The number of aliphatic hydroxyl groups is 1. The molecule has 0 aliphatic heterocycles. The number of methoxy groups -OCH3 is 1. The van der Waals surface area contributed by atoms with Crippen LogP contribution in [0.4, 0.5) is 16.2 Å². The van der Waals surface area contributed by atoms with Gasteiger partial charge in [-0.2, -0.15) is 0 Å². The van der Waals surface area contributed by atoms with Gasteiger partial charge in [-0.05, 0) is 53.3 Å². The van der Waals surface area contributed by atoms with Gasteiger partial charge in [0.15, 0.2) is 0 Å². The number of nitrogens with two attached hydrogens (primary N) is 1. The van der Waals surface area contributed by atoms with Gasteiger partial charge in [-0.3, -0.25) is 4.79 Å². The highest BCUT2D eigenvalue weighted by molar-refractivity contribution is 5.98. The van der Waals surface area contributed by atoms with Gasteiger partial charge in [-0.25, -0.2) is 4.79 Å². The average molecular weight is 567 g/mol. The molecule has 218 valence electrons. The zero-order valence-corrected chi connectivity index (χ0v) is 23.7. The molecule has 0 aromatic heterocycles. The molecule has 0 aliphatic carbocycles. The lowest BCUT2D eigenvalue weighted by Crippen LogP contribution is -2.48. The fraction of sp³-hybridized carbons (Fsp3) is 0.235. The highest BCUT2D eigenvalue weighted by Gasteiger charge is 2.33. The number of amides is 2. The molecule has 0 fully saturated rings. The van der Waals surface area contributed by atoms with Crippen LogP contribution >= 0.6 is 0 Å². The maximum absolute atomic E-state index is 13.9. The first-order chi connectivity index (χ1) is 20.5. The average Bonchev–Trinajstić information content (AvgIpc) is 3.03. The molecule has 0 aliphatic rings. The van der Waals surface area contributed by atoms with Gasteiger partial charge in [0.25, 0.3) is 0 Å². The molecule has 6 N–H and O–H groups in total. The van der Waals surface area contributed by atoms with Crippen molar-refractivity contribution < 1.29 is 19.4 Å². The number of hydrogen-bond acceptors (Lipinski definition) is 6. The van der Waals surface area contributed by atoms with Gasteiger partial charge in [0.2, 0.25) is 5.91 Å². The summed E-state index contributed by atoms with van der Waals surface area (Å²) in [5.74, 6) is -0.833. The largest absolute Gasteiger partial charge is 0.453 e. The van der Waals surface area contributed by atoms with E-state index in [9.17, 15) is 14.7 Å². The van der Waals surface area contributed by atoms with Crippen LogP contribution in [0.5, 0.6) is 0 Å². The van der Waals surface area contributed by atoms with Crippen LogP contribution in [0.1, 0.15) is 34.6 Å². The molecule has 0 bridgehead atoms. The van der Waals surface area contributed by atoms with Gasteiger partial charge in [0.05, 0.1) is 13.7 Å². The van der Waals surface area contributed by atoms with Crippen molar-refractivity contribution in [3.63, 3.8) is 0 Å². The van der Waals surface area contributed by atoms with E-state index < -0.39 is 18.1 Å². The number of rotatable bonds is 13. The molecule has 2 atom stereocenters. The fourth-order valence-electron chi connectivity index (χ4n) is 4.94. The molecule has 8 heteroatoms. The zero-order valence-electron chi connectivity index (χ0n) is 23.7. The summed E-state index contributed by atoms with van der Waals surface area (Å²) in [5, 5.41) is 19.2. The number of alkyl carbamates (subject to hydrolysis) is 1. The number of benzene rings is 4. The third kappa shape index (κ3) is 8.42. The van der Waals surface area contributed by atoms with Crippen LogP contribution < -0.4 is 21.7 Å². The van der Waals surface area contributed by atoms with Crippen LogP contribution in [0.2, 0.25) is 0 Å². The number of anilines is 2. The standard InChI is InChI=1S/C34H38N4O4/c1-42-34(41)38-32(31(26-11-4-2-5-12-26)27-13-6-3-7-14-27)33(40)37-30-15-9-8-10-25(30)18-21-29(23-39)36-22-24-16-19-28(35)20-17-24/h2-17,19-20,29,31-32,36,39H,18,21-23,35H2,1H3,(H,37,40)(H,38,41)/t29-,32-/m0/s1. The molecule has 0 radical (unpaired) electrons. The summed E-state index contributed by atoms with van der Waals surface area (Å²) >= 11 is 0. The Morgan fingerprint density at radius 2 is 1.43 bits per heavy atom. The molecule has 4 aromatic carbocycles. The molecule has 0 spiro atoms. The Balaban J connectivity index is 1.52. The lowest BCUT2D eigenvalue weighted by Gasteiger charge is -2.28. The second-order valence-electron chi connectivity index (χ2n) is 10.1. The van der Waals surface area contributed by atoms with E-state index >= 15 is 0 Å². The summed E-state index contributed by atoms with van der Waals surface area (Å²) in [7, 11) is 1.28. The summed E-state index contributed by atoms with van der Waals surface area (Å²) in [6.45, 7) is 0.579. The SMILES string of the molecule is COC(=O)N[C@H](C(=O)Nc1ccccc1CC[C@@H](CO)NCc1ccc(N)cc1)C(c1ccccc1)c1ccccc1. The van der Waals surface area contributed by atoms with Crippen LogP contribution in [0, 0.1) is 0 Å². The van der Waals surface area contributed by atoms with Crippen molar-refractivity contribution in [1.29, 1.82) is 0 Å². The minimum Gasteiger partial charge on any atom is -0.453 e. The number of ether oxygens (including phenoxy) is 1. The van der Waals surface area contributed by atoms with Crippen LogP contribution in [0.3, 0.4) is 0 Å². The maximum atomic E-state index is 13.9. The zero-order chi connectivity index (χ0) is 29.7. The minimum absolute atomic E-state index is 0.0234. The van der Waals surface area contributed by atoms with E-state index in [4.69, 9.17) is 10.5 Å². The van der Waals surface area contributed by atoms with Gasteiger partial charge in [0.1, 0.15) is 6.04 Å². The van der Waals surface area contributed by atoms with Gasteiger partial charge in [-0.1, -0.05) is 91.0 Å². The van der Waals surface area contributed by atoms with Crippen molar-refractivity contribution in [2.24, 2.45) is 0 Å². The molecule has 2 amide bonds. The smallest absolute Gasteiger partial charge is 0.407 e. The molecule has 8 nitrogen and oxygen atoms in total. The van der Waals surface area contributed by atoms with Gasteiger partial charge < -0.3 is 31.5 Å². The molecule has 42 heavy (non-hydrogen) atoms. The molecular weight excluding hydrogens is 528 g/mol. The second kappa shape index (κ2) is 15.4. The third-order valence-electron chi connectivity index (χ3n) is 7.22. The van der Waals surface area contributed by atoms with Crippen LogP contribution in [0.15, 0.2) is 109 Å². The number of carbonyl (C=O) groups is 2. The number of hydrogen-bond donors (Lipinski definition) is 5. The topological polar surface area (TPSA) is 126 Å². The van der Waals surface area contributed by atoms with E-state index in [-0.39, 0.29) is 18.6 Å². The van der Waals surface area contributed by atoms with Crippen molar-refractivity contribution in [3.8, 4) is 0 Å². The third-order valence-corrected chi connectivity index (χ3v) is 7.22. The predicted octanol–water partition coefficient (Wildman–Crippen LogP) is 4.85. The highest BCUT2D eigenvalue weighted by atomic mass is 16.5. The van der Waals surface area contributed by atoms with Crippen molar-refractivity contribution in [3.05, 3.63) is 131 Å². The van der Waals surface area contributed by atoms with Gasteiger partial charge >= 0.3 is 6.09 Å². The number of nitrogens with one attached hydrogen (secondary N) is 3. The van der Waals surface area contributed by atoms with E-state index in [1.54, 1.807) is 0 Å². The number of para-hydroxylation sites is 1. The highest BCUT2D eigenvalue weighted by Crippen LogP contribution is 2.30. The fourth-order valence-corrected chi connectivity index (χ4v) is 4.94. The molecule has 0 unspecified atom stereocenters. The Kier molecular flexibility index (Phi) is 11.1. The van der Waals surface area contributed by atoms with Crippen LogP contribution in [-0.4, -0.2) is 42.9 Å².